The SMILES string of the molecule is O=C(NCCc1nnc2n1CCC2)c1cccnc1N1CCOCC1. The normalized spacial score (nSPS) is 16.7. The molecule has 8 heteroatoms. The Kier molecular flexibility index (Phi) is 4.60. The number of anilines is 1. The van der Waals surface area contributed by atoms with E-state index in [4.69, 9.17) is 4.74 Å². The molecule has 4 rings (SSSR count). The molecular formula is C17H22N6O2. The first-order valence-corrected chi connectivity index (χ1v) is 8.80. The van der Waals surface area contributed by atoms with Gasteiger partial charge in [0, 0.05) is 45.2 Å². The molecule has 0 atom stereocenters. The monoisotopic (exact) mass is 342 g/mol. The van der Waals surface area contributed by atoms with Crippen LogP contribution in [0, 0.1) is 0 Å². The Labute approximate surface area is 146 Å². The zero-order valence-corrected chi connectivity index (χ0v) is 14.1. The number of morpholine rings is 1. The molecule has 1 saturated heterocycles. The lowest BCUT2D eigenvalue weighted by Gasteiger charge is -2.29. The maximum atomic E-state index is 12.6. The van der Waals surface area contributed by atoms with Crippen molar-refractivity contribution in [2.45, 2.75) is 25.8 Å². The second kappa shape index (κ2) is 7.18. The van der Waals surface area contributed by atoms with E-state index in [0.717, 1.165) is 49.9 Å². The van der Waals surface area contributed by atoms with Gasteiger partial charge >= 0.3 is 0 Å². The first kappa shape index (κ1) is 16.0. The number of aryl methyl sites for hydroxylation is 1. The molecule has 1 N–H and O–H groups in total. The number of amides is 1. The first-order valence-electron chi connectivity index (χ1n) is 8.80. The lowest BCUT2D eigenvalue weighted by atomic mass is 10.2. The number of hydrogen-bond acceptors (Lipinski definition) is 6. The van der Waals surface area contributed by atoms with Crippen LogP contribution < -0.4 is 10.2 Å². The van der Waals surface area contributed by atoms with Crippen LogP contribution >= 0.6 is 0 Å². The van der Waals surface area contributed by atoms with Gasteiger partial charge in [-0.15, -0.1) is 10.2 Å². The number of hydrogen-bond donors (Lipinski definition) is 1. The second-order valence-corrected chi connectivity index (χ2v) is 6.27. The molecule has 0 saturated carbocycles. The number of carbonyl (C=O) groups is 1. The standard InChI is InChI=1S/C17H22N6O2/c24-17(19-7-5-15-21-20-14-4-2-8-23(14)15)13-3-1-6-18-16(13)22-9-11-25-12-10-22/h1,3,6H,2,4-5,7-12H2,(H,19,24). The fraction of sp³-hybridized carbons (Fsp3) is 0.529. The average molecular weight is 342 g/mol. The number of pyridine rings is 1. The molecule has 0 radical (unpaired) electrons. The summed E-state index contributed by atoms with van der Waals surface area (Å²) in [6.07, 6.45) is 4.54. The molecule has 25 heavy (non-hydrogen) atoms. The fourth-order valence-electron chi connectivity index (χ4n) is 3.38. The van der Waals surface area contributed by atoms with Crippen molar-refractivity contribution < 1.29 is 9.53 Å². The van der Waals surface area contributed by atoms with E-state index in [0.29, 0.717) is 31.7 Å². The average Bonchev–Trinajstić information content (AvgIpc) is 3.27. The van der Waals surface area contributed by atoms with Gasteiger partial charge in [0.15, 0.2) is 0 Å². The summed E-state index contributed by atoms with van der Waals surface area (Å²) in [6, 6.07) is 3.62. The topological polar surface area (TPSA) is 85.2 Å². The number of aromatic nitrogens is 4. The van der Waals surface area contributed by atoms with Crippen LogP contribution in [0.5, 0.6) is 0 Å². The smallest absolute Gasteiger partial charge is 0.255 e. The van der Waals surface area contributed by atoms with Crippen LogP contribution in [0.3, 0.4) is 0 Å². The van der Waals surface area contributed by atoms with E-state index < -0.39 is 0 Å². The van der Waals surface area contributed by atoms with E-state index >= 15 is 0 Å². The third kappa shape index (κ3) is 3.34. The summed E-state index contributed by atoms with van der Waals surface area (Å²) < 4.78 is 7.54. The van der Waals surface area contributed by atoms with Crippen molar-refractivity contribution in [3.05, 3.63) is 35.5 Å². The predicted molar refractivity (Wildman–Crippen MR) is 91.6 cm³/mol. The van der Waals surface area contributed by atoms with Gasteiger partial charge in [-0.2, -0.15) is 0 Å². The number of nitrogens with one attached hydrogen (secondary N) is 1. The van der Waals surface area contributed by atoms with Gasteiger partial charge in [-0.25, -0.2) is 4.98 Å². The minimum Gasteiger partial charge on any atom is -0.378 e. The zero-order valence-electron chi connectivity index (χ0n) is 14.1. The molecule has 2 aliphatic rings. The Morgan fingerprint density at radius 3 is 3.00 bits per heavy atom. The highest BCUT2D eigenvalue weighted by molar-refractivity contribution is 5.98. The number of ether oxygens (including phenoxy) is 1. The Morgan fingerprint density at radius 1 is 1.24 bits per heavy atom. The van der Waals surface area contributed by atoms with Crippen molar-refractivity contribution in [1.82, 2.24) is 25.1 Å². The number of rotatable bonds is 5. The summed E-state index contributed by atoms with van der Waals surface area (Å²) in [7, 11) is 0. The molecule has 4 heterocycles. The van der Waals surface area contributed by atoms with E-state index in [9.17, 15) is 4.79 Å². The van der Waals surface area contributed by atoms with Crippen LogP contribution in [0.4, 0.5) is 5.82 Å². The molecule has 2 aromatic rings. The minimum absolute atomic E-state index is 0.101. The van der Waals surface area contributed by atoms with Gasteiger partial charge in [0.25, 0.3) is 5.91 Å². The van der Waals surface area contributed by atoms with Crippen LogP contribution in [-0.2, 0) is 24.1 Å². The van der Waals surface area contributed by atoms with Crippen molar-refractivity contribution in [2.75, 3.05) is 37.7 Å². The highest BCUT2D eigenvalue weighted by atomic mass is 16.5. The van der Waals surface area contributed by atoms with Gasteiger partial charge in [-0.05, 0) is 18.6 Å². The third-order valence-electron chi connectivity index (χ3n) is 4.66. The van der Waals surface area contributed by atoms with Gasteiger partial charge < -0.3 is 19.5 Å². The number of nitrogens with zero attached hydrogens (tertiary/aromatic N) is 5. The van der Waals surface area contributed by atoms with Crippen molar-refractivity contribution in [3.63, 3.8) is 0 Å². The molecule has 2 aromatic heterocycles. The Balaban J connectivity index is 1.39. The molecule has 0 unspecified atom stereocenters. The Hall–Kier alpha value is -2.48. The van der Waals surface area contributed by atoms with Crippen LogP contribution in [0.25, 0.3) is 0 Å². The highest BCUT2D eigenvalue weighted by Gasteiger charge is 2.20. The van der Waals surface area contributed by atoms with E-state index in [1.807, 2.05) is 6.07 Å². The van der Waals surface area contributed by atoms with Crippen molar-refractivity contribution in [2.24, 2.45) is 0 Å². The maximum Gasteiger partial charge on any atom is 0.255 e. The molecule has 0 spiro atoms. The van der Waals surface area contributed by atoms with Gasteiger partial charge in [-0.3, -0.25) is 4.79 Å². The Morgan fingerprint density at radius 2 is 2.12 bits per heavy atom. The molecule has 0 aliphatic carbocycles. The summed E-state index contributed by atoms with van der Waals surface area (Å²) >= 11 is 0. The number of carbonyl (C=O) groups excluding carboxylic acids is 1. The van der Waals surface area contributed by atoms with Crippen LogP contribution in [0.2, 0.25) is 0 Å². The summed E-state index contributed by atoms with van der Waals surface area (Å²) in [5.74, 6) is 2.64. The minimum atomic E-state index is -0.101. The largest absolute Gasteiger partial charge is 0.378 e. The predicted octanol–water partition coefficient (Wildman–Crippen LogP) is 0.428. The van der Waals surface area contributed by atoms with Gasteiger partial charge in [0.2, 0.25) is 0 Å². The summed E-state index contributed by atoms with van der Waals surface area (Å²) in [5.41, 5.74) is 0.607. The van der Waals surface area contributed by atoms with Gasteiger partial charge in [-0.1, -0.05) is 0 Å². The molecule has 1 fully saturated rings. The fourth-order valence-corrected chi connectivity index (χ4v) is 3.38. The molecule has 0 aromatic carbocycles. The first-order chi connectivity index (χ1) is 12.3. The van der Waals surface area contributed by atoms with Crippen LogP contribution in [0.15, 0.2) is 18.3 Å². The molecule has 2 aliphatic heterocycles. The maximum absolute atomic E-state index is 12.6. The number of fused-ring (bicyclic) bond motifs is 1. The van der Waals surface area contributed by atoms with E-state index in [-0.39, 0.29) is 5.91 Å². The van der Waals surface area contributed by atoms with Crippen molar-refractivity contribution in [1.29, 1.82) is 0 Å². The van der Waals surface area contributed by atoms with E-state index in [1.165, 1.54) is 0 Å². The zero-order chi connectivity index (χ0) is 17.1. The molecule has 8 nitrogen and oxygen atoms in total. The highest BCUT2D eigenvalue weighted by Crippen LogP contribution is 2.18. The summed E-state index contributed by atoms with van der Waals surface area (Å²) in [4.78, 5) is 19.1. The van der Waals surface area contributed by atoms with Crippen molar-refractivity contribution >= 4 is 11.7 Å². The van der Waals surface area contributed by atoms with Crippen LogP contribution in [-0.4, -0.2) is 58.5 Å². The lowest BCUT2D eigenvalue weighted by Crippen LogP contribution is -2.38. The molecule has 1 amide bonds. The van der Waals surface area contributed by atoms with Gasteiger partial charge in [0.1, 0.15) is 17.5 Å². The van der Waals surface area contributed by atoms with Gasteiger partial charge in [0.05, 0.1) is 18.8 Å². The van der Waals surface area contributed by atoms with E-state index in [2.05, 4.69) is 30.0 Å². The third-order valence-corrected chi connectivity index (χ3v) is 4.66. The molecule has 0 bridgehead atoms. The molecular weight excluding hydrogens is 320 g/mol. The molecule has 132 valence electrons. The summed E-state index contributed by atoms with van der Waals surface area (Å²) in [6.45, 7) is 4.35. The Bertz CT molecular complexity index is 753. The quantitative estimate of drug-likeness (QED) is 0.848. The van der Waals surface area contributed by atoms with Crippen molar-refractivity contribution in [3.8, 4) is 0 Å². The van der Waals surface area contributed by atoms with E-state index in [1.54, 1.807) is 12.3 Å². The lowest BCUT2D eigenvalue weighted by molar-refractivity contribution is 0.0952. The van der Waals surface area contributed by atoms with Crippen LogP contribution in [0.1, 0.15) is 28.4 Å². The summed E-state index contributed by atoms with van der Waals surface area (Å²) in [5, 5.41) is 11.4. The second-order valence-electron chi connectivity index (χ2n) is 6.27.